The van der Waals surface area contributed by atoms with E-state index in [0.717, 1.165) is 33.5 Å². The quantitative estimate of drug-likeness (QED) is 0.0941. The standard InChI is InChI=1S/C42H41FN2O5S/c43-32-15-10-29(11-16-32)38(48)21-20-37-41(45(42(51)44-37)33-17-12-27(13-18-33)26-4-2-1-3-5-26)36-19-14-31(22-39(36)49)28-6-8-30(9-7-28)40-24-34(47)23-35(25-46)50-40/h1-19,22,34-35,37-38,40-41,46-49H,20-21,23-25H2,(H,44,51). The molecule has 0 radical (unpaired) electrons. The van der Waals surface area contributed by atoms with Gasteiger partial charge in [0.25, 0.3) is 0 Å². The van der Waals surface area contributed by atoms with Gasteiger partial charge in [0.15, 0.2) is 5.11 Å². The van der Waals surface area contributed by atoms with Crippen molar-refractivity contribution >= 4 is 23.0 Å². The molecule has 262 valence electrons. The van der Waals surface area contributed by atoms with Crippen molar-refractivity contribution in [2.24, 2.45) is 0 Å². The molecule has 9 heteroatoms. The summed E-state index contributed by atoms with van der Waals surface area (Å²) in [6.07, 6.45) is -0.205. The topological polar surface area (TPSA) is 105 Å². The Labute approximate surface area is 302 Å². The van der Waals surface area contributed by atoms with E-state index in [9.17, 15) is 24.8 Å². The van der Waals surface area contributed by atoms with E-state index in [4.69, 9.17) is 17.0 Å². The second-order valence-corrected chi connectivity index (χ2v) is 13.8. The van der Waals surface area contributed by atoms with Crippen LogP contribution in [0.25, 0.3) is 22.3 Å². The lowest BCUT2D eigenvalue weighted by Gasteiger charge is -2.32. The number of thiocarbonyl (C=S) groups is 1. The van der Waals surface area contributed by atoms with Crippen LogP contribution in [0.5, 0.6) is 5.75 Å². The van der Waals surface area contributed by atoms with Crippen LogP contribution in [0.15, 0.2) is 121 Å². The van der Waals surface area contributed by atoms with Gasteiger partial charge in [-0.25, -0.2) is 4.39 Å². The minimum atomic E-state index is -0.795. The van der Waals surface area contributed by atoms with Gasteiger partial charge in [-0.3, -0.25) is 0 Å². The average Bonchev–Trinajstić information content (AvgIpc) is 3.49. The van der Waals surface area contributed by atoms with Gasteiger partial charge in [-0.15, -0.1) is 0 Å². The van der Waals surface area contributed by atoms with Crippen LogP contribution in [0.1, 0.15) is 60.6 Å². The molecule has 6 atom stereocenters. The summed E-state index contributed by atoms with van der Waals surface area (Å²) >= 11 is 5.91. The molecule has 0 aliphatic carbocycles. The highest BCUT2D eigenvalue weighted by Crippen LogP contribution is 2.42. The first-order valence-corrected chi connectivity index (χ1v) is 17.7. The maximum Gasteiger partial charge on any atom is 0.174 e. The summed E-state index contributed by atoms with van der Waals surface area (Å²) in [4.78, 5) is 2.03. The molecule has 2 heterocycles. The number of aromatic hydroxyl groups is 1. The number of benzene rings is 5. The SMILES string of the molecule is OCC1CC(O)CC(c2ccc(-c3ccc(C4C(CCC(O)c5ccc(F)cc5)NC(=S)N4c4ccc(-c5ccccc5)cc4)c(O)c3)cc2)O1. The number of hydrogen-bond donors (Lipinski definition) is 5. The van der Waals surface area contributed by atoms with Gasteiger partial charge in [0.1, 0.15) is 11.6 Å². The van der Waals surface area contributed by atoms with Crippen molar-refractivity contribution in [3.05, 3.63) is 144 Å². The number of nitrogens with zero attached hydrogens (tertiary/aromatic N) is 1. The smallest absolute Gasteiger partial charge is 0.174 e. The number of phenolic OH excluding ortho intramolecular Hbond substituents is 1. The third-order valence-electron chi connectivity index (χ3n) is 9.99. The second-order valence-electron chi connectivity index (χ2n) is 13.4. The highest BCUT2D eigenvalue weighted by Gasteiger charge is 2.40. The Hall–Kier alpha value is -4.64. The summed E-state index contributed by atoms with van der Waals surface area (Å²) in [6, 6.07) is 37.1. The second kappa shape index (κ2) is 15.3. The molecule has 5 aromatic carbocycles. The van der Waals surface area contributed by atoms with Crippen LogP contribution in [0.3, 0.4) is 0 Å². The molecule has 2 aliphatic heterocycles. The van der Waals surface area contributed by atoms with Crippen molar-refractivity contribution in [3.63, 3.8) is 0 Å². The predicted octanol–water partition coefficient (Wildman–Crippen LogP) is 7.76. The fraction of sp³-hybridized carbons (Fsp3) is 0.262. The Morgan fingerprint density at radius 3 is 2.16 bits per heavy atom. The zero-order valence-corrected chi connectivity index (χ0v) is 28.8. The van der Waals surface area contributed by atoms with Crippen LogP contribution in [-0.2, 0) is 4.74 Å². The third kappa shape index (κ3) is 7.68. The molecular weight excluding hydrogens is 664 g/mol. The summed E-state index contributed by atoms with van der Waals surface area (Å²) in [5.74, 6) is -0.237. The van der Waals surface area contributed by atoms with E-state index >= 15 is 0 Å². The van der Waals surface area contributed by atoms with Crippen LogP contribution < -0.4 is 10.2 Å². The number of hydrogen-bond acceptors (Lipinski definition) is 6. The zero-order valence-electron chi connectivity index (χ0n) is 28.0. The highest BCUT2D eigenvalue weighted by molar-refractivity contribution is 7.80. The zero-order chi connectivity index (χ0) is 35.5. The van der Waals surface area contributed by atoms with Crippen LogP contribution in [0.2, 0.25) is 0 Å². The molecule has 2 fully saturated rings. The fourth-order valence-electron chi connectivity index (χ4n) is 7.30. The largest absolute Gasteiger partial charge is 0.508 e. The van der Waals surface area contributed by atoms with Crippen LogP contribution in [0.4, 0.5) is 10.1 Å². The molecule has 0 aromatic heterocycles. The Morgan fingerprint density at radius 2 is 1.47 bits per heavy atom. The molecular formula is C42H41FN2O5S. The van der Waals surface area contributed by atoms with E-state index in [0.29, 0.717) is 41.9 Å². The van der Waals surface area contributed by atoms with Gasteiger partial charge < -0.3 is 35.4 Å². The van der Waals surface area contributed by atoms with Crippen LogP contribution >= 0.6 is 12.2 Å². The van der Waals surface area contributed by atoms with Crippen molar-refractivity contribution in [1.29, 1.82) is 0 Å². The fourth-order valence-corrected chi connectivity index (χ4v) is 7.67. The van der Waals surface area contributed by atoms with Crippen molar-refractivity contribution in [1.82, 2.24) is 5.32 Å². The molecule has 0 spiro atoms. The van der Waals surface area contributed by atoms with Gasteiger partial charge in [-0.05, 0) is 88.8 Å². The Morgan fingerprint density at radius 1 is 0.824 bits per heavy atom. The average molecular weight is 705 g/mol. The third-order valence-corrected chi connectivity index (χ3v) is 10.3. The molecule has 51 heavy (non-hydrogen) atoms. The molecule has 6 unspecified atom stereocenters. The van der Waals surface area contributed by atoms with E-state index in [1.807, 2.05) is 71.6 Å². The van der Waals surface area contributed by atoms with Gasteiger partial charge in [0.05, 0.1) is 43.1 Å². The van der Waals surface area contributed by atoms with Crippen molar-refractivity contribution in [2.45, 2.75) is 62.2 Å². The van der Waals surface area contributed by atoms with Gasteiger partial charge in [-0.2, -0.15) is 0 Å². The Kier molecular flexibility index (Phi) is 10.4. The molecule has 2 aliphatic rings. The lowest BCUT2D eigenvalue weighted by atomic mass is 9.91. The van der Waals surface area contributed by atoms with Crippen molar-refractivity contribution in [3.8, 4) is 28.0 Å². The minimum Gasteiger partial charge on any atom is -0.508 e. The number of aliphatic hydroxyl groups excluding tert-OH is 3. The Balaban J connectivity index is 1.16. The van der Waals surface area contributed by atoms with Crippen LogP contribution in [-0.4, -0.2) is 50.4 Å². The lowest BCUT2D eigenvalue weighted by molar-refractivity contribution is -0.113. The molecule has 7 rings (SSSR count). The van der Waals surface area contributed by atoms with Gasteiger partial charge in [0.2, 0.25) is 0 Å². The maximum absolute atomic E-state index is 13.5. The van der Waals surface area contributed by atoms with Gasteiger partial charge in [0, 0.05) is 24.1 Å². The number of nitrogens with one attached hydrogen (secondary N) is 1. The first kappa shape index (κ1) is 34.8. The van der Waals surface area contributed by atoms with E-state index in [2.05, 4.69) is 29.6 Å². The number of ether oxygens (including phenoxy) is 1. The van der Waals surface area contributed by atoms with Gasteiger partial charge in [-0.1, -0.05) is 91.0 Å². The first-order chi connectivity index (χ1) is 24.8. The molecule has 5 aromatic rings. The molecule has 7 nitrogen and oxygen atoms in total. The number of halogens is 1. The molecule has 0 amide bonds. The molecule has 2 saturated heterocycles. The summed E-state index contributed by atoms with van der Waals surface area (Å²) in [7, 11) is 0. The normalized spacial score (nSPS) is 22.5. The summed E-state index contributed by atoms with van der Waals surface area (Å²) in [6.45, 7) is -0.134. The van der Waals surface area contributed by atoms with Crippen molar-refractivity contribution < 1.29 is 29.6 Å². The number of anilines is 1. The summed E-state index contributed by atoms with van der Waals surface area (Å²) < 4.78 is 19.5. The van der Waals surface area contributed by atoms with E-state index in [1.165, 1.54) is 12.1 Å². The molecule has 0 bridgehead atoms. The van der Waals surface area contributed by atoms with E-state index in [1.54, 1.807) is 18.2 Å². The lowest BCUT2D eigenvalue weighted by Crippen LogP contribution is -2.33. The van der Waals surface area contributed by atoms with E-state index < -0.39 is 18.3 Å². The van der Waals surface area contributed by atoms with Crippen molar-refractivity contribution in [2.75, 3.05) is 11.5 Å². The number of phenols is 1. The summed E-state index contributed by atoms with van der Waals surface area (Å²) in [5.41, 5.74) is 7.04. The molecule has 5 N–H and O–H groups in total. The first-order valence-electron chi connectivity index (χ1n) is 17.3. The minimum absolute atomic E-state index is 0.118. The molecule has 0 saturated carbocycles. The summed E-state index contributed by atoms with van der Waals surface area (Å²) in [5, 5.41) is 46.5. The van der Waals surface area contributed by atoms with Crippen LogP contribution in [0, 0.1) is 5.82 Å². The van der Waals surface area contributed by atoms with Gasteiger partial charge >= 0.3 is 0 Å². The monoisotopic (exact) mass is 704 g/mol. The number of aliphatic hydroxyl groups is 3. The predicted molar refractivity (Wildman–Crippen MR) is 201 cm³/mol. The van der Waals surface area contributed by atoms with E-state index in [-0.39, 0.29) is 36.4 Å². The maximum atomic E-state index is 13.5. The number of rotatable bonds is 10. The highest BCUT2D eigenvalue weighted by atomic mass is 32.1. The Bertz CT molecular complexity index is 1940.